The molecule has 12 aromatic rings. The summed E-state index contributed by atoms with van der Waals surface area (Å²) in [7, 11) is 0. The maximum absolute atomic E-state index is 6.37. The van der Waals surface area contributed by atoms with Gasteiger partial charge in [0.05, 0.1) is 16.4 Å². The number of fused-ring (bicyclic) bond motifs is 10. The number of furan rings is 1. The van der Waals surface area contributed by atoms with Crippen molar-refractivity contribution in [3.05, 3.63) is 242 Å². The van der Waals surface area contributed by atoms with Crippen molar-refractivity contribution in [2.75, 3.05) is 4.90 Å². The Morgan fingerprint density at radius 1 is 0.379 bits per heavy atom. The van der Waals surface area contributed by atoms with Gasteiger partial charge in [-0.05, 0) is 134 Å². The van der Waals surface area contributed by atoms with Crippen molar-refractivity contribution < 1.29 is 4.42 Å². The SMILES string of the molecule is CC1(C)c2ccc(-c3ccccc3)cc2-c2ccc(N(c3ccc(-c4ccccc4)cc3)c3ccc(-c4ccc(-n5c6ccccc6c6ccc7oc8ccccc8c7c65)cc4)cc3)cc21. The smallest absolute Gasteiger partial charge is 0.137 e. The van der Waals surface area contributed by atoms with Gasteiger partial charge in [-0.1, -0.05) is 166 Å². The summed E-state index contributed by atoms with van der Waals surface area (Å²) in [6.45, 7) is 4.73. The van der Waals surface area contributed by atoms with Crippen LogP contribution < -0.4 is 4.90 Å². The molecule has 0 amide bonds. The Bertz CT molecular complexity index is 3800. The molecule has 2 heterocycles. The topological polar surface area (TPSA) is 21.3 Å². The number of hydrogen-bond acceptors (Lipinski definition) is 2. The van der Waals surface area contributed by atoms with Crippen LogP contribution >= 0.6 is 0 Å². The van der Waals surface area contributed by atoms with Gasteiger partial charge >= 0.3 is 0 Å². The maximum Gasteiger partial charge on any atom is 0.137 e. The summed E-state index contributed by atoms with van der Waals surface area (Å²) in [5.41, 5.74) is 21.0. The summed E-state index contributed by atoms with van der Waals surface area (Å²) >= 11 is 0. The zero-order valence-electron chi connectivity index (χ0n) is 36.7. The zero-order valence-corrected chi connectivity index (χ0v) is 36.7. The molecule has 3 heteroatoms. The van der Waals surface area contributed by atoms with Crippen LogP contribution in [-0.4, -0.2) is 4.57 Å². The van der Waals surface area contributed by atoms with E-state index in [4.69, 9.17) is 4.42 Å². The number of aromatic nitrogens is 1. The molecule has 0 atom stereocenters. The van der Waals surface area contributed by atoms with Gasteiger partial charge in [-0.2, -0.15) is 0 Å². The van der Waals surface area contributed by atoms with Crippen LogP contribution in [0.5, 0.6) is 0 Å². The van der Waals surface area contributed by atoms with Crippen LogP contribution in [0.3, 0.4) is 0 Å². The predicted molar refractivity (Wildman–Crippen MR) is 277 cm³/mol. The average molecular weight is 845 g/mol. The van der Waals surface area contributed by atoms with E-state index in [-0.39, 0.29) is 5.41 Å². The van der Waals surface area contributed by atoms with Crippen molar-refractivity contribution in [1.29, 1.82) is 0 Å². The molecule has 0 saturated heterocycles. The van der Waals surface area contributed by atoms with E-state index in [1.54, 1.807) is 0 Å². The summed E-state index contributed by atoms with van der Waals surface area (Å²) in [5.74, 6) is 0. The Labute approximate surface area is 384 Å². The fourth-order valence-electron chi connectivity index (χ4n) is 10.7. The van der Waals surface area contributed by atoms with E-state index in [2.05, 4.69) is 248 Å². The third kappa shape index (κ3) is 5.97. The van der Waals surface area contributed by atoms with Gasteiger partial charge in [0.15, 0.2) is 0 Å². The lowest BCUT2D eigenvalue weighted by Crippen LogP contribution is -2.16. The van der Waals surface area contributed by atoms with Crippen molar-refractivity contribution in [1.82, 2.24) is 4.57 Å². The molecule has 0 fully saturated rings. The quantitative estimate of drug-likeness (QED) is 0.159. The monoisotopic (exact) mass is 844 g/mol. The van der Waals surface area contributed by atoms with Crippen LogP contribution in [0.2, 0.25) is 0 Å². The second-order valence-electron chi connectivity index (χ2n) is 18.1. The van der Waals surface area contributed by atoms with Crippen LogP contribution in [0.1, 0.15) is 25.0 Å². The van der Waals surface area contributed by atoms with Crippen molar-refractivity contribution in [3.8, 4) is 50.2 Å². The van der Waals surface area contributed by atoms with E-state index in [9.17, 15) is 0 Å². The maximum atomic E-state index is 6.37. The van der Waals surface area contributed by atoms with Crippen LogP contribution in [0.15, 0.2) is 235 Å². The molecule has 0 N–H and O–H groups in total. The first-order chi connectivity index (χ1) is 32.5. The number of hydrogen-bond donors (Lipinski definition) is 0. The third-order valence-electron chi connectivity index (χ3n) is 14.0. The lowest BCUT2D eigenvalue weighted by Gasteiger charge is -2.28. The summed E-state index contributed by atoms with van der Waals surface area (Å²) < 4.78 is 8.78. The molecule has 2 aromatic heterocycles. The van der Waals surface area contributed by atoms with Crippen LogP contribution in [0.4, 0.5) is 17.1 Å². The van der Waals surface area contributed by atoms with E-state index in [0.717, 1.165) is 55.8 Å². The van der Waals surface area contributed by atoms with Crippen molar-refractivity contribution in [2.24, 2.45) is 0 Å². The van der Waals surface area contributed by atoms with Gasteiger partial charge in [0.2, 0.25) is 0 Å². The number of benzene rings is 10. The lowest BCUT2D eigenvalue weighted by atomic mass is 9.82. The van der Waals surface area contributed by atoms with Gasteiger partial charge in [0, 0.05) is 44.3 Å². The van der Waals surface area contributed by atoms with Gasteiger partial charge in [-0.3, -0.25) is 0 Å². The molecule has 66 heavy (non-hydrogen) atoms. The predicted octanol–water partition coefficient (Wildman–Crippen LogP) is 17.5. The molecular weight excluding hydrogens is 801 g/mol. The Morgan fingerprint density at radius 3 is 1.61 bits per heavy atom. The fraction of sp³-hybridized carbons (Fsp3) is 0.0476. The summed E-state index contributed by atoms with van der Waals surface area (Å²) in [6.07, 6.45) is 0. The molecule has 0 radical (unpaired) electrons. The van der Waals surface area contributed by atoms with Crippen LogP contribution in [-0.2, 0) is 5.41 Å². The Hall–Kier alpha value is -8.40. The van der Waals surface area contributed by atoms with Gasteiger partial charge < -0.3 is 13.9 Å². The minimum absolute atomic E-state index is 0.160. The van der Waals surface area contributed by atoms with Gasteiger partial charge in [-0.15, -0.1) is 0 Å². The van der Waals surface area contributed by atoms with E-state index in [0.29, 0.717) is 0 Å². The van der Waals surface area contributed by atoms with E-state index in [1.807, 2.05) is 6.07 Å². The van der Waals surface area contributed by atoms with Gasteiger partial charge in [0.25, 0.3) is 0 Å². The fourth-order valence-corrected chi connectivity index (χ4v) is 10.7. The molecule has 312 valence electrons. The number of anilines is 3. The minimum atomic E-state index is -0.160. The molecule has 13 rings (SSSR count). The molecule has 0 saturated carbocycles. The first-order valence-electron chi connectivity index (χ1n) is 22.8. The second kappa shape index (κ2) is 14.8. The number of para-hydroxylation sites is 2. The summed E-state index contributed by atoms with van der Waals surface area (Å²) in [5, 5.41) is 4.72. The Morgan fingerprint density at radius 2 is 0.924 bits per heavy atom. The second-order valence-corrected chi connectivity index (χ2v) is 18.1. The van der Waals surface area contributed by atoms with Crippen LogP contribution in [0, 0.1) is 0 Å². The standard InChI is InChI=1S/C63H44N2O/c1-63(2)56-37-27-46(42-15-7-4-8-16-42)39-55(56)51-35-34-50(40-57(51)63)64(47-28-21-43(22-29-47)41-13-5-3-6-14-41)48-30-23-44(24-31-48)45-25-32-49(33-26-45)65-58-19-11-9-17-52(58)53-36-38-60-61(62(53)65)54-18-10-12-20-59(54)66-60/h3-40H,1-2H3. The first kappa shape index (κ1) is 38.1. The Kier molecular flexibility index (Phi) is 8.56. The largest absolute Gasteiger partial charge is 0.456 e. The lowest BCUT2D eigenvalue weighted by molar-refractivity contribution is 0.660. The molecular formula is C63H44N2O. The van der Waals surface area contributed by atoms with Crippen LogP contribution in [0.25, 0.3) is 93.9 Å². The Balaban J connectivity index is 0.886. The molecule has 0 unspecified atom stereocenters. The molecule has 0 aliphatic heterocycles. The molecule has 0 spiro atoms. The van der Waals surface area contributed by atoms with E-state index in [1.165, 1.54) is 66.3 Å². The number of nitrogens with zero attached hydrogens (tertiary/aromatic N) is 2. The molecule has 0 bridgehead atoms. The van der Waals surface area contributed by atoms with Crippen molar-refractivity contribution in [2.45, 2.75) is 19.3 Å². The van der Waals surface area contributed by atoms with E-state index < -0.39 is 0 Å². The normalized spacial score (nSPS) is 12.8. The number of rotatable bonds is 7. The van der Waals surface area contributed by atoms with Gasteiger partial charge in [-0.25, -0.2) is 0 Å². The summed E-state index contributed by atoms with van der Waals surface area (Å²) in [6, 6.07) is 83.8. The van der Waals surface area contributed by atoms with Crippen molar-refractivity contribution in [3.63, 3.8) is 0 Å². The molecule has 1 aliphatic carbocycles. The molecule has 3 nitrogen and oxygen atoms in total. The zero-order chi connectivity index (χ0) is 43.9. The van der Waals surface area contributed by atoms with E-state index >= 15 is 0 Å². The van der Waals surface area contributed by atoms with Gasteiger partial charge in [0.1, 0.15) is 11.2 Å². The third-order valence-corrected chi connectivity index (χ3v) is 14.0. The highest BCUT2D eigenvalue weighted by molar-refractivity contribution is 6.24. The van der Waals surface area contributed by atoms with Crippen molar-refractivity contribution >= 4 is 60.8 Å². The summed E-state index contributed by atoms with van der Waals surface area (Å²) in [4.78, 5) is 2.40. The highest BCUT2D eigenvalue weighted by atomic mass is 16.3. The average Bonchev–Trinajstić information content (AvgIpc) is 4.00. The first-order valence-corrected chi connectivity index (χ1v) is 22.8. The molecule has 1 aliphatic rings. The minimum Gasteiger partial charge on any atom is -0.456 e. The highest BCUT2D eigenvalue weighted by Gasteiger charge is 2.36. The highest BCUT2D eigenvalue weighted by Crippen LogP contribution is 2.52. The molecule has 10 aromatic carbocycles.